The summed E-state index contributed by atoms with van der Waals surface area (Å²) >= 11 is 4.37. The Labute approximate surface area is 151 Å². The Bertz CT molecular complexity index is 956. The molecule has 0 spiro atoms. The number of nitrogens with one attached hydrogen (secondary N) is 1. The number of thioether (sulfide) groups is 1. The Morgan fingerprint density at radius 1 is 1.50 bits per heavy atom. The van der Waals surface area contributed by atoms with E-state index in [1.807, 2.05) is 17.5 Å². The first-order chi connectivity index (χ1) is 11.6. The molecule has 1 unspecified atom stereocenters. The first-order valence-corrected chi connectivity index (χ1v) is 10.5. The van der Waals surface area contributed by atoms with E-state index in [-0.39, 0.29) is 17.1 Å². The average molecular weight is 377 g/mol. The van der Waals surface area contributed by atoms with Crippen LogP contribution in [0.5, 0.6) is 0 Å². The number of aromatic nitrogens is 2. The Morgan fingerprint density at radius 3 is 3.17 bits per heavy atom. The van der Waals surface area contributed by atoms with Gasteiger partial charge < -0.3 is 4.98 Å². The van der Waals surface area contributed by atoms with Crippen LogP contribution in [0.1, 0.15) is 33.5 Å². The molecule has 0 aliphatic heterocycles. The number of fused-ring (bicyclic) bond motifs is 3. The molecule has 3 aromatic heterocycles. The van der Waals surface area contributed by atoms with Crippen LogP contribution in [-0.4, -0.2) is 21.5 Å². The fourth-order valence-corrected chi connectivity index (χ4v) is 5.98. The third-order valence-electron chi connectivity index (χ3n) is 4.28. The van der Waals surface area contributed by atoms with Crippen molar-refractivity contribution >= 4 is 50.4 Å². The van der Waals surface area contributed by atoms with E-state index in [9.17, 15) is 9.59 Å². The zero-order chi connectivity index (χ0) is 16.7. The van der Waals surface area contributed by atoms with Crippen molar-refractivity contribution in [3.05, 3.63) is 43.2 Å². The minimum atomic E-state index is -0.0712. The number of nitrogens with zero attached hydrogens (tertiary/aromatic N) is 1. The molecule has 124 valence electrons. The summed E-state index contributed by atoms with van der Waals surface area (Å²) in [5, 5.41) is 3.18. The molecule has 4 rings (SSSR count). The lowest BCUT2D eigenvalue weighted by atomic mass is 9.89. The second-order valence-electron chi connectivity index (χ2n) is 6.09. The van der Waals surface area contributed by atoms with Crippen molar-refractivity contribution < 1.29 is 4.79 Å². The van der Waals surface area contributed by atoms with Crippen LogP contribution < -0.4 is 5.56 Å². The number of H-pyrrole nitrogens is 1. The van der Waals surface area contributed by atoms with Gasteiger partial charge in [0.25, 0.3) is 5.56 Å². The Balaban J connectivity index is 1.61. The van der Waals surface area contributed by atoms with Gasteiger partial charge in [-0.25, -0.2) is 4.98 Å². The number of aromatic amines is 1. The lowest BCUT2D eigenvalue weighted by Gasteiger charge is -2.17. The van der Waals surface area contributed by atoms with Crippen LogP contribution >= 0.6 is 34.4 Å². The molecule has 0 aromatic carbocycles. The molecule has 1 aliphatic carbocycles. The zero-order valence-electron chi connectivity index (χ0n) is 13.1. The standard InChI is InChI=1S/C17H16N2O2S3/c1-9-4-5-10-13(7-9)24-16-14(10)15(21)18-17(19-16)23-8-11(20)12-3-2-6-22-12/h2-3,6,9H,4-5,7-8H2,1H3,(H,18,19,21). The van der Waals surface area contributed by atoms with Crippen LogP contribution in [-0.2, 0) is 12.8 Å². The van der Waals surface area contributed by atoms with Crippen molar-refractivity contribution in [3.63, 3.8) is 0 Å². The summed E-state index contributed by atoms with van der Waals surface area (Å²) in [6.45, 7) is 2.25. The quantitative estimate of drug-likeness (QED) is 0.422. The molecule has 0 saturated carbocycles. The topological polar surface area (TPSA) is 62.8 Å². The minimum Gasteiger partial charge on any atom is -0.301 e. The van der Waals surface area contributed by atoms with Crippen LogP contribution in [0.15, 0.2) is 27.5 Å². The predicted octanol–water partition coefficient (Wildman–Crippen LogP) is 4.15. The number of carbonyl (C=O) groups is 1. The van der Waals surface area contributed by atoms with Gasteiger partial charge in [-0.2, -0.15) is 0 Å². The van der Waals surface area contributed by atoms with Crippen LogP contribution in [0, 0.1) is 5.92 Å². The number of thiophene rings is 2. The Kier molecular flexibility index (Phi) is 4.32. The molecule has 0 bridgehead atoms. The van der Waals surface area contributed by atoms with Gasteiger partial charge in [-0.05, 0) is 42.2 Å². The summed E-state index contributed by atoms with van der Waals surface area (Å²) < 4.78 is 0. The van der Waals surface area contributed by atoms with Crippen LogP contribution in [0.25, 0.3) is 10.2 Å². The normalized spacial score (nSPS) is 17.1. The third-order valence-corrected chi connectivity index (χ3v) is 7.21. The first-order valence-electron chi connectivity index (χ1n) is 7.86. The Hall–Kier alpha value is -1.44. The molecule has 0 amide bonds. The highest BCUT2D eigenvalue weighted by Crippen LogP contribution is 2.36. The number of hydrogen-bond donors (Lipinski definition) is 1. The average Bonchev–Trinajstić information content (AvgIpc) is 3.19. The van der Waals surface area contributed by atoms with Gasteiger partial charge in [0.2, 0.25) is 0 Å². The zero-order valence-corrected chi connectivity index (χ0v) is 15.6. The number of Topliss-reactive ketones (excluding diaryl/α,β-unsaturated/α-hetero) is 1. The molecule has 24 heavy (non-hydrogen) atoms. The molecule has 4 nitrogen and oxygen atoms in total. The van der Waals surface area contributed by atoms with Gasteiger partial charge in [0, 0.05) is 4.88 Å². The number of aryl methyl sites for hydroxylation is 1. The summed E-state index contributed by atoms with van der Waals surface area (Å²) in [5.74, 6) is 1.02. The van der Waals surface area contributed by atoms with E-state index in [1.54, 1.807) is 11.3 Å². The Morgan fingerprint density at radius 2 is 2.38 bits per heavy atom. The maximum atomic E-state index is 12.5. The molecule has 1 N–H and O–H groups in total. The molecular weight excluding hydrogens is 360 g/mol. The van der Waals surface area contributed by atoms with Crippen molar-refractivity contribution in [2.75, 3.05) is 5.75 Å². The summed E-state index contributed by atoms with van der Waals surface area (Å²) in [6.07, 6.45) is 3.13. The van der Waals surface area contributed by atoms with E-state index in [2.05, 4.69) is 16.9 Å². The van der Waals surface area contributed by atoms with Gasteiger partial charge in [-0.15, -0.1) is 22.7 Å². The maximum Gasteiger partial charge on any atom is 0.260 e. The molecule has 7 heteroatoms. The predicted molar refractivity (Wildman–Crippen MR) is 101 cm³/mol. The van der Waals surface area contributed by atoms with Crippen molar-refractivity contribution in [1.82, 2.24) is 9.97 Å². The highest BCUT2D eigenvalue weighted by Gasteiger charge is 2.23. The maximum absolute atomic E-state index is 12.5. The van der Waals surface area contributed by atoms with Crippen LogP contribution in [0.3, 0.4) is 0 Å². The smallest absolute Gasteiger partial charge is 0.260 e. The van der Waals surface area contributed by atoms with Gasteiger partial charge >= 0.3 is 0 Å². The van der Waals surface area contributed by atoms with E-state index in [0.717, 1.165) is 34.4 Å². The van der Waals surface area contributed by atoms with Gasteiger partial charge in [0.05, 0.1) is 16.0 Å². The fourth-order valence-electron chi connectivity index (χ4n) is 3.04. The fraction of sp³-hybridized carbons (Fsp3) is 0.353. The first kappa shape index (κ1) is 16.1. The largest absolute Gasteiger partial charge is 0.301 e. The molecular formula is C17H16N2O2S3. The molecule has 0 saturated heterocycles. The van der Waals surface area contributed by atoms with Crippen molar-refractivity contribution in [1.29, 1.82) is 0 Å². The van der Waals surface area contributed by atoms with Crippen molar-refractivity contribution in [2.24, 2.45) is 5.92 Å². The van der Waals surface area contributed by atoms with Gasteiger partial charge in [0.15, 0.2) is 10.9 Å². The monoisotopic (exact) mass is 376 g/mol. The highest BCUT2D eigenvalue weighted by molar-refractivity contribution is 7.99. The number of carbonyl (C=O) groups excluding carboxylic acids is 1. The lowest BCUT2D eigenvalue weighted by Crippen LogP contribution is -2.13. The van der Waals surface area contributed by atoms with E-state index in [1.165, 1.54) is 33.5 Å². The van der Waals surface area contributed by atoms with Crippen molar-refractivity contribution in [2.45, 2.75) is 31.3 Å². The van der Waals surface area contributed by atoms with Crippen molar-refractivity contribution in [3.8, 4) is 0 Å². The summed E-state index contributed by atoms with van der Waals surface area (Å²) in [5.41, 5.74) is 1.12. The third kappa shape index (κ3) is 2.96. The number of hydrogen-bond acceptors (Lipinski definition) is 6. The van der Waals surface area contributed by atoms with Gasteiger partial charge in [-0.3, -0.25) is 9.59 Å². The molecule has 0 fully saturated rings. The number of ketones is 1. The lowest BCUT2D eigenvalue weighted by molar-refractivity contribution is 0.102. The molecule has 3 heterocycles. The second kappa shape index (κ2) is 6.46. The second-order valence-corrected chi connectivity index (χ2v) is 9.09. The van der Waals surface area contributed by atoms with Crippen LogP contribution in [0.2, 0.25) is 0 Å². The van der Waals surface area contributed by atoms with Gasteiger partial charge in [0.1, 0.15) is 4.83 Å². The summed E-state index contributed by atoms with van der Waals surface area (Å²) in [6, 6.07) is 3.69. The summed E-state index contributed by atoms with van der Waals surface area (Å²) in [4.78, 5) is 34.9. The van der Waals surface area contributed by atoms with E-state index >= 15 is 0 Å². The van der Waals surface area contributed by atoms with E-state index < -0.39 is 0 Å². The van der Waals surface area contributed by atoms with E-state index in [4.69, 9.17) is 0 Å². The molecule has 1 aliphatic rings. The minimum absolute atomic E-state index is 0.0667. The molecule has 1 atom stereocenters. The van der Waals surface area contributed by atoms with E-state index in [0.29, 0.717) is 11.1 Å². The van der Waals surface area contributed by atoms with Gasteiger partial charge in [-0.1, -0.05) is 24.8 Å². The molecule has 3 aromatic rings. The SMILES string of the molecule is CC1CCc2c(sc3nc(SCC(=O)c4cccs4)[nH]c(=O)c23)C1. The highest BCUT2D eigenvalue weighted by atomic mass is 32.2. The van der Waals surface area contributed by atoms with Crippen LogP contribution in [0.4, 0.5) is 0 Å². The molecule has 0 radical (unpaired) electrons. The number of rotatable bonds is 4. The summed E-state index contributed by atoms with van der Waals surface area (Å²) in [7, 11) is 0.